The van der Waals surface area contributed by atoms with Gasteiger partial charge < -0.3 is 10.2 Å². The second-order valence-corrected chi connectivity index (χ2v) is 13.5. The molecule has 0 bridgehead atoms. The lowest BCUT2D eigenvalue weighted by Gasteiger charge is -2.37. The van der Waals surface area contributed by atoms with Gasteiger partial charge >= 0.3 is 0 Å². The van der Waals surface area contributed by atoms with Gasteiger partial charge in [0.25, 0.3) is 0 Å². The minimum Gasteiger partial charge on any atom is -0.324 e. The van der Waals surface area contributed by atoms with E-state index in [1.165, 1.54) is 18.2 Å². The second-order valence-electron chi connectivity index (χ2n) is 11.3. The first kappa shape index (κ1) is 29.6. The van der Waals surface area contributed by atoms with Crippen LogP contribution in [0.5, 0.6) is 0 Å². The van der Waals surface area contributed by atoms with Crippen molar-refractivity contribution in [3.63, 3.8) is 0 Å². The first-order chi connectivity index (χ1) is 18.6. The standard InChI is InChI=1S/C30H39F3N2O3S/c1-21(35-14-12-22(13-15-35)17-30(36)34-28-11-10-26(32)19-27(28)33)16-29(24-8-5-9-25(31)18-24)39(37,38)20-23-6-3-2-4-7-23/h5,8-11,18-19,21-23,29H,2-4,6-7,12-17,20H2,1H3,(H,34,36)/t21-,29?/m1/s1. The highest BCUT2D eigenvalue weighted by molar-refractivity contribution is 7.91. The van der Waals surface area contributed by atoms with Crippen molar-refractivity contribution in [2.75, 3.05) is 24.2 Å². The van der Waals surface area contributed by atoms with Crippen molar-refractivity contribution in [3.05, 3.63) is 65.5 Å². The number of sulfone groups is 1. The lowest BCUT2D eigenvalue weighted by Crippen LogP contribution is -2.42. The van der Waals surface area contributed by atoms with Crippen LogP contribution in [0.1, 0.15) is 75.5 Å². The topological polar surface area (TPSA) is 66.5 Å². The van der Waals surface area contributed by atoms with Gasteiger partial charge in [0.1, 0.15) is 17.5 Å². The number of carbonyl (C=O) groups is 1. The summed E-state index contributed by atoms with van der Waals surface area (Å²) in [4.78, 5) is 14.7. The number of nitrogens with one attached hydrogen (secondary N) is 1. The molecule has 4 rings (SSSR count). The minimum absolute atomic E-state index is 0.0368. The number of piperidine rings is 1. The molecule has 1 saturated carbocycles. The predicted molar refractivity (Wildman–Crippen MR) is 147 cm³/mol. The van der Waals surface area contributed by atoms with E-state index in [0.29, 0.717) is 25.1 Å². The molecule has 1 heterocycles. The van der Waals surface area contributed by atoms with E-state index in [0.717, 1.165) is 57.1 Å². The number of carbonyl (C=O) groups excluding carboxylic acids is 1. The molecule has 1 aliphatic heterocycles. The van der Waals surface area contributed by atoms with Gasteiger partial charge in [0.05, 0.1) is 16.7 Å². The molecule has 1 aliphatic carbocycles. The summed E-state index contributed by atoms with van der Waals surface area (Å²) < 4.78 is 68.4. The third-order valence-electron chi connectivity index (χ3n) is 8.35. The first-order valence-electron chi connectivity index (χ1n) is 14.1. The Morgan fingerprint density at radius 1 is 0.949 bits per heavy atom. The summed E-state index contributed by atoms with van der Waals surface area (Å²) in [7, 11) is -3.49. The normalized spacial score (nSPS) is 19.5. The van der Waals surface area contributed by atoms with E-state index in [4.69, 9.17) is 0 Å². The molecule has 0 radical (unpaired) electrons. The van der Waals surface area contributed by atoms with Crippen molar-refractivity contribution in [1.82, 2.24) is 4.90 Å². The van der Waals surface area contributed by atoms with Crippen LogP contribution in [-0.2, 0) is 14.6 Å². The fourth-order valence-electron chi connectivity index (χ4n) is 6.11. The van der Waals surface area contributed by atoms with Gasteiger partial charge in [-0.25, -0.2) is 21.6 Å². The largest absolute Gasteiger partial charge is 0.324 e. The lowest BCUT2D eigenvalue weighted by atomic mass is 9.91. The van der Waals surface area contributed by atoms with Gasteiger partial charge in [0, 0.05) is 18.5 Å². The molecular weight excluding hydrogens is 525 g/mol. The fourth-order valence-corrected chi connectivity index (χ4v) is 8.46. The second kappa shape index (κ2) is 13.3. The number of hydrogen-bond acceptors (Lipinski definition) is 4. The fraction of sp³-hybridized carbons (Fsp3) is 0.567. The summed E-state index contributed by atoms with van der Waals surface area (Å²) in [5.74, 6) is -1.82. The monoisotopic (exact) mass is 564 g/mol. The highest BCUT2D eigenvalue weighted by atomic mass is 32.2. The summed E-state index contributed by atoms with van der Waals surface area (Å²) in [5.41, 5.74) is 0.475. The molecule has 1 saturated heterocycles. The van der Waals surface area contributed by atoms with E-state index in [1.807, 2.05) is 6.92 Å². The Bertz CT molecular complexity index is 1230. The Hall–Kier alpha value is -2.39. The van der Waals surface area contributed by atoms with Crippen LogP contribution in [0.4, 0.5) is 18.9 Å². The van der Waals surface area contributed by atoms with E-state index in [1.54, 1.807) is 12.1 Å². The van der Waals surface area contributed by atoms with Crippen LogP contribution >= 0.6 is 0 Å². The number of hydrogen-bond donors (Lipinski definition) is 1. The van der Waals surface area contributed by atoms with Gasteiger partial charge in [0.15, 0.2) is 9.84 Å². The number of halogens is 3. The number of likely N-dealkylation sites (tertiary alicyclic amines) is 1. The third-order valence-corrected chi connectivity index (χ3v) is 10.6. The zero-order valence-corrected chi connectivity index (χ0v) is 23.4. The molecule has 0 spiro atoms. The molecule has 9 heteroatoms. The average molecular weight is 565 g/mol. The van der Waals surface area contributed by atoms with Crippen LogP contribution in [0.25, 0.3) is 0 Å². The maximum atomic E-state index is 14.1. The minimum atomic E-state index is -3.49. The molecule has 2 aromatic rings. The van der Waals surface area contributed by atoms with Gasteiger partial charge in [0.2, 0.25) is 5.91 Å². The molecule has 0 aromatic heterocycles. The molecule has 1 unspecified atom stereocenters. The lowest BCUT2D eigenvalue weighted by molar-refractivity contribution is -0.117. The molecule has 5 nitrogen and oxygen atoms in total. The van der Waals surface area contributed by atoms with Gasteiger partial charge in [-0.1, -0.05) is 31.4 Å². The number of rotatable bonds is 10. The van der Waals surface area contributed by atoms with Gasteiger partial charge in [-0.2, -0.15) is 0 Å². The number of anilines is 1. The molecule has 2 aliphatic rings. The van der Waals surface area contributed by atoms with Crippen molar-refractivity contribution in [1.29, 1.82) is 0 Å². The molecule has 2 atom stereocenters. The van der Waals surface area contributed by atoms with Crippen LogP contribution in [0.15, 0.2) is 42.5 Å². The van der Waals surface area contributed by atoms with Crippen LogP contribution < -0.4 is 5.32 Å². The number of nitrogens with zero attached hydrogens (tertiary/aromatic N) is 1. The Labute approximate surface area is 230 Å². The summed E-state index contributed by atoms with van der Waals surface area (Å²) in [6.07, 6.45) is 7.27. The maximum Gasteiger partial charge on any atom is 0.224 e. The third kappa shape index (κ3) is 8.30. The number of benzene rings is 2. The van der Waals surface area contributed by atoms with Gasteiger partial charge in [-0.3, -0.25) is 4.79 Å². The van der Waals surface area contributed by atoms with Crippen LogP contribution in [0, 0.1) is 29.3 Å². The molecule has 2 fully saturated rings. The molecule has 39 heavy (non-hydrogen) atoms. The van der Waals surface area contributed by atoms with Gasteiger partial charge in [-0.15, -0.1) is 0 Å². The molecule has 214 valence electrons. The average Bonchev–Trinajstić information content (AvgIpc) is 2.89. The quantitative estimate of drug-likeness (QED) is 0.351. The summed E-state index contributed by atoms with van der Waals surface area (Å²) in [6.45, 7) is 3.44. The van der Waals surface area contributed by atoms with E-state index < -0.39 is 32.5 Å². The van der Waals surface area contributed by atoms with Crippen molar-refractivity contribution in [2.24, 2.45) is 11.8 Å². The summed E-state index contributed by atoms with van der Waals surface area (Å²) in [6, 6.07) is 8.99. The predicted octanol–water partition coefficient (Wildman–Crippen LogP) is 6.66. The zero-order chi connectivity index (χ0) is 28.0. The van der Waals surface area contributed by atoms with Crippen molar-refractivity contribution in [3.8, 4) is 0 Å². The summed E-state index contributed by atoms with van der Waals surface area (Å²) in [5, 5.41) is 1.76. The van der Waals surface area contributed by atoms with E-state index in [-0.39, 0.29) is 41.6 Å². The Balaban J connectivity index is 1.35. The SMILES string of the molecule is C[C@H](CC(c1cccc(F)c1)S(=O)(=O)CC1CCCCC1)N1CCC(CC(=O)Nc2ccc(F)cc2F)CC1. The van der Waals surface area contributed by atoms with E-state index in [2.05, 4.69) is 10.2 Å². The molecule has 1 N–H and O–H groups in total. The van der Waals surface area contributed by atoms with Crippen LogP contribution in [0.3, 0.4) is 0 Å². The Morgan fingerprint density at radius 3 is 2.31 bits per heavy atom. The maximum absolute atomic E-state index is 14.1. The highest BCUT2D eigenvalue weighted by Crippen LogP contribution is 2.35. The molecule has 2 aromatic carbocycles. The van der Waals surface area contributed by atoms with Crippen molar-refractivity contribution >= 4 is 21.4 Å². The Morgan fingerprint density at radius 2 is 1.64 bits per heavy atom. The number of amides is 1. The van der Waals surface area contributed by atoms with E-state index >= 15 is 0 Å². The molecular formula is C30H39F3N2O3S. The smallest absolute Gasteiger partial charge is 0.224 e. The van der Waals surface area contributed by atoms with Crippen molar-refractivity contribution in [2.45, 2.75) is 76.0 Å². The first-order valence-corrected chi connectivity index (χ1v) is 15.8. The van der Waals surface area contributed by atoms with E-state index in [9.17, 15) is 26.4 Å². The highest BCUT2D eigenvalue weighted by Gasteiger charge is 2.34. The zero-order valence-electron chi connectivity index (χ0n) is 22.6. The van der Waals surface area contributed by atoms with Crippen molar-refractivity contribution < 1.29 is 26.4 Å². The Kier molecular flexibility index (Phi) is 10.1. The summed E-state index contributed by atoms with van der Waals surface area (Å²) >= 11 is 0. The van der Waals surface area contributed by atoms with Crippen LogP contribution in [0.2, 0.25) is 0 Å². The molecule has 1 amide bonds. The van der Waals surface area contributed by atoms with Crippen LogP contribution in [-0.4, -0.2) is 44.1 Å². The van der Waals surface area contributed by atoms with Gasteiger partial charge in [-0.05, 0) is 93.8 Å².